The van der Waals surface area contributed by atoms with Gasteiger partial charge in [0, 0.05) is 12.6 Å². The van der Waals surface area contributed by atoms with Crippen LogP contribution in [-0.4, -0.2) is 31.1 Å². The van der Waals surface area contributed by atoms with Crippen molar-refractivity contribution in [2.24, 2.45) is 5.92 Å². The van der Waals surface area contributed by atoms with Gasteiger partial charge in [0.05, 0.1) is 0 Å². The number of nitrogens with zero attached hydrogens (tertiary/aromatic N) is 1. The van der Waals surface area contributed by atoms with Gasteiger partial charge in [0.1, 0.15) is 0 Å². The zero-order valence-electron chi connectivity index (χ0n) is 14.1. The summed E-state index contributed by atoms with van der Waals surface area (Å²) < 4.78 is 0. The van der Waals surface area contributed by atoms with E-state index in [9.17, 15) is 0 Å². The zero-order valence-corrected chi connectivity index (χ0v) is 14.1. The van der Waals surface area contributed by atoms with Crippen molar-refractivity contribution in [2.45, 2.75) is 52.5 Å². The molecule has 1 aliphatic carbocycles. The molecule has 1 N–H and O–H groups in total. The minimum Gasteiger partial charge on any atom is -0.310 e. The molecule has 0 amide bonds. The summed E-state index contributed by atoms with van der Waals surface area (Å²) in [6.45, 7) is 11.5. The molecule has 1 aromatic rings. The maximum atomic E-state index is 3.73. The van der Waals surface area contributed by atoms with E-state index in [-0.39, 0.29) is 0 Å². The van der Waals surface area contributed by atoms with Crippen molar-refractivity contribution in [2.75, 3.05) is 26.2 Å². The Kier molecular flexibility index (Phi) is 6.72. The molecule has 118 valence electrons. The smallest absolute Gasteiger partial charge is 0.0332 e. The van der Waals surface area contributed by atoms with E-state index in [1.54, 1.807) is 0 Å². The molecule has 0 aliphatic heterocycles. The molecule has 0 bridgehead atoms. The van der Waals surface area contributed by atoms with E-state index in [2.05, 4.69) is 55.3 Å². The second kappa shape index (κ2) is 8.55. The van der Waals surface area contributed by atoms with Gasteiger partial charge in [0.25, 0.3) is 0 Å². The molecule has 2 heteroatoms. The fourth-order valence-corrected chi connectivity index (χ4v) is 2.86. The van der Waals surface area contributed by atoms with Gasteiger partial charge in [-0.1, -0.05) is 43.7 Å². The molecule has 1 atom stereocenters. The Morgan fingerprint density at radius 1 is 1.19 bits per heavy atom. The second-order valence-corrected chi connectivity index (χ2v) is 6.54. The number of hydrogen-bond donors (Lipinski definition) is 1. The lowest BCUT2D eigenvalue weighted by Gasteiger charge is -2.25. The summed E-state index contributed by atoms with van der Waals surface area (Å²) in [4.78, 5) is 2.63. The van der Waals surface area contributed by atoms with Gasteiger partial charge in [-0.25, -0.2) is 0 Å². The lowest BCUT2D eigenvalue weighted by molar-refractivity contribution is 0.259. The minimum absolute atomic E-state index is 0.499. The zero-order chi connectivity index (χ0) is 15.1. The Hall–Kier alpha value is -0.860. The third-order valence-corrected chi connectivity index (χ3v) is 4.51. The summed E-state index contributed by atoms with van der Waals surface area (Å²) in [5.74, 6) is 0.992. The first-order chi connectivity index (χ1) is 10.2. The molecule has 1 fully saturated rings. The van der Waals surface area contributed by atoms with Gasteiger partial charge < -0.3 is 10.2 Å². The molecule has 1 unspecified atom stereocenters. The topological polar surface area (TPSA) is 15.3 Å². The first-order valence-corrected chi connectivity index (χ1v) is 8.75. The normalized spacial score (nSPS) is 16.4. The van der Waals surface area contributed by atoms with Gasteiger partial charge in [0.2, 0.25) is 0 Å². The van der Waals surface area contributed by atoms with Crippen LogP contribution in [0.25, 0.3) is 0 Å². The van der Waals surface area contributed by atoms with Gasteiger partial charge in [-0.15, -0.1) is 0 Å². The number of nitrogens with one attached hydrogen (secondary N) is 1. The molecular weight excluding hydrogens is 256 g/mol. The molecule has 0 heterocycles. The lowest BCUT2D eigenvalue weighted by Crippen LogP contribution is -2.31. The first kappa shape index (κ1) is 16.5. The highest BCUT2D eigenvalue weighted by Crippen LogP contribution is 2.30. The minimum atomic E-state index is 0.499. The molecular formula is C19H32N2. The van der Waals surface area contributed by atoms with Crippen LogP contribution in [0.15, 0.2) is 24.3 Å². The van der Waals surface area contributed by atoms with Crippen LogP contribution in [0.5, 0.6) is 0 Å². The van der Waals surface area contributed by atoms with Crippen LogP contribution in [0, 0.1) is 12.8 Å². The molecule has 1 aromatic carbocycles. The Morgan fingerprint density at radius 3 is 2.48 bits per heavy atom. The Balaban J connectivity index is 1.89. The van der Waals surface area contributed by atoms with E-state index in [1.165, 1.54) is 56.4 Å². The van der Waals surface area contributed by atoms with Crippen molar-refractivity contribution >= 4 is 0 Å². The molecule has 0 spiro atoms. The van der Waals surface area contributed by atoms with E-state index < -0.39 is 0 Å². The summed E-state index contributed by atoms with van der Waals surface area (Å²) >= 11 is 0. The first-order valence-electron chi connectivity index (χ1n) is 8.75. The summed E-state index contributed by atoms with van der Waals surface area (Å²) in [7, 11) is 0. The highest BCUT2D eigenvalue weighted by atomic mass is 15.1. The highest BCUT2D eigenvalue weighted by Gasteiger charge is 2.24. The second-order valence-electron chi connectivity index (χ2n) is 6.54. The van der Waals surface area contributed by atoms with Crippen molar-refractivity contribution in [1.29, 1.82) is 0 Å². The van der Waals surface area contributed by atoms with E-state index in [0.29, 0.717) is 6.04 Å². The average Bonchev–Trinajstić information content (AvgIpc) is 3.31. The van der Waals surface area contributed by atoms with Crippen LogP contribution in [0.3, 0.4) is 0 Å². The van der Waals surface area contributed by atoms with Crippen molar-refractivity contribution in [3.63, 3.8) is 0 Å². The van der Waals surface area contributed by atoms with Gasteiger partial charge in [-0.05, 0) is 63.7 Å². The predicted molar refractivity (Wildman–Crippen MR) is 91.7 cm³/mol. The lowest BCUT2D eigenvalue weighted by atomic mass is 10.0. The van der Waals surface area contributed by atoms with E-state index in [4.69, 9.17) is 0 Å². The van der Waals surface area contributed by atoms with Crippen molar-refractivity contribution < 1.29 is 0 Å². The fourth-order valence-electron chi connectivity index (χ4n) is 2.86. The fraction of sp³-hybridized carbons (Fsp3) is 0.684. The standard InChI is InChI=1S/C19H32N2/c1-4-13-20-19(18-10-6-16(3)7-11-18)12-14-21(5-2)15-17-8-9-17/h6-7,10-11,17,19-20H,4-5,8-9,12-15H2,1-3H3. The Morgan fingerprint density at radius 2 is 1.90 bits per heavy atom. The molecule has 1 aliphatic rings. The van der Waals surface area contributed by atoms with Gasteiger partial charge in [-0.3, -0.25) is 0 Å². The van der Waals surface area contributed by atoms with Crippen LogP contribution in [-0.2, 0) is 0 Å². The van der Waals surface area contributed by atoms with Crippen LogP contribution in [0.1, 0.15) is 56.7 Å². The maximum absolute atomic E-state index is 3.73. The summed E-state index contributed by atoms with van der Waals surface area (Å²) in [5.41, 5.74) is 2.79. The summed E-state index contributed by atoms with van der Waals surface area (Å²) in [6.07, 6.45) is 5.31. The quantitative estimate of drug-likeness (QED) is 0.695. The predicted octanol–water partition coefficient (Wildman–Crippen LogP) is 4.16. The van der Waals surface area contributed by atoms with Gasteiger partial charge in [0.15, 0.2) is 0 Å². The molecule has 0 radical (unpaired) electrons. The molecule has 1 saturated carbocycles. The van der Waals surface area contributed by atoms with Crippen LogP contribution in [0.4, 0.5) is 0 Å². The van der Waals surface area contributed by atoms with Gasteiger partial charge >= 0.3 is 0 Å². The maximum Gasteiger partial charge on any atom is 0.0332 e. The Bertz CT molecular complexity index is 395. The van der Waals surface area contributed by atoms with E-state index in [1.807, 2.05) is 0 Å². The van der Waals surface area contributed by atoms with E-state index in [0.717, 1.165) is 12.5 Å². The van der Waals surface area contributed by atoms with Crippen LogP contribution >= 0.6 is 0 Å². The number of rotatable bonds is 10. The monoisotopic (exact) mass is 288 g/mol. The summed E-state index contributed by atoms with van der Waals surface area (Å²) in [5, 5.41) is 3.73. The third-order valence-electron chi connectivity index (χ3n) is 4.51. The van der Waals surface area contributed by atoms with Crippen LogP contribution < -0.4 is 5.32 Å². The summed E-state index contributed by atoms with van der Waals surface area (Å²) in [6, 6.07) is 9.55. The van der Waals surface area contributed by atoms with Crippen molar-refractivity contribution in [3.05, 3.63) is 35.4 Å². The number of benzene rings is 1. The van der Waals surface area contributed by atoms with Gasteiger partial charge in [-0.2, -0.15) is 0 Å². The van der Waals surface area contributed by atoms with Crippen molar-refractivity contribution in [1.82, 2.24) is 10.2 Å². The number of hydrogen-bond acceptors (Lipinski definition) is 2. The Labute approximate surface area is 130 Å². The SMILES string of the molecule is CCCNC(CCN(CC)CC1CC1)c1ccc(C)cc1. The largest absolute Gasteiger partial charge is 0.310 e. The molecule has 0 saturated heterocycles. The number of aryl methyl sites for hydroxylation is 1. The van der Waals surface area contributed by atoms with Crippen molar-refractivity contribution in [3.8, 4) is 0 Å². The van der Waals surface area contributed by atoms with E-state index >= 15 is 0 Å². The third kappa shape index (κ3) is 5.80. The van der Waals surface area contributed by atoms with Crippen LogP contribution in [0.2, 0.25) is 0 Å². The highest BCUT2D eigenvalue weighted by molar-refractivity contribution is 5.24. The average molecular weight is 288 g/mol. The molecule has 21 heavy (non-hydrogen) atoms. The molecule has 2 rings (SSSR count). The molecule has 2 nitrogen and oxygen atoms in total. The molecule has 0 aromatic heterocycles.